The third-order valence-electron chi connectivity index (χ3n) is 0.408. The van der Waals surface area contributed by atoms with Crippen LogP contribution in [-0.2, 0) is 0 Å². The van der Waals surface area contributed by atoms with Crippen LogP contribution in [0.4, 0.5) is 0 Å². The predicted molar refractivity (Wildman–Crippen MR) is 21.7 cm³/mol. The summed E-state index contributed by atoms with van der Waals surface area (Å²) in [5.41, 5.74) is 0. The van der Waals surface area contributed by atoms with Crippen molar-refractivity contribution in [2.45, 2.75) is 12.8 Å². The Hall–Kier alpha value is 1.60. The van der Waals surface area contributed by atoms with E-state index in [1.807, 2.05) is 0 Å². The van der Waals surface area contributed by atoms with Gasteiger partial charge in [-0.05, 0) is 0 Å². The van der Waals surface area contributed by atoms with Crippen LogP contribution in [0.1, 0.15) is 12.8 Å². The van der Waals surface area contributed by atoms with Crippen LogP contribution in [0.15, 0.2) is 0 Å². The van der Waals surface area contributed by atoms with Crippen LogP contribution in [0.2, 0.25) is 0 Å². The van der Waals surface area contributed by atoms with Gasteiger partial charge in [-0.25, -0.2) is 0 Å². The maximum absolute atomic E-state index is 8.03. The van der Waals surface area contributed by atoms with Crippen molar-refractivity contribution >= 4 is 0 Å². The van der Waals surface area contributed by atoms with E-state index in [0.717, 1.165) is 12.8 Å². The molecule has 0 bridgehead atoms. The first-order chi connectivity index (χ1) is 2.41. The van der Waals surface area contributed by atoms with Gasteiger partial charge >= 0.3 is 51.4 Å². The Bertz CT molecular complexity index is 15.0. The van der Waals surface area contributed by atoms with Gasteiger partial charge in [-0.15, -0.1) is 0 Å². The van der Waals surface area contributed by atoms with Gasteiger partial charge in [-0.3, -0.25) is 0 Å². The topological polar surface area (TPSA) is 20.2 Å². The Morgan fingerprint density at radius 1 is 1.50 bits per heavy atom. The van der Waals surface area contributed by atoms with E-state index in [9.17, 15) is 0 Å². The third-order valence-corrected chi connectivity index (χ3v) is 0.408. The summed E-state index contributed by atoms with van der Waals surface area (Å²) < 4.78 is 0. The van der Waals surface area contributed by atoms with Crippen molar-refractivity contribution in [3.05, 3.63) is 6.92 Å². The quantitative estimate of drug-likeness (QED) is 0.312. The summed E-state index contributed by atoms with van der Waals surface area (Å²) in [4.78, 5) is 0. The summed E-state index contributed by atoms with van der Waals surface area (Å²) in [5, 5.41) is 8.03. The molecule has 0 saturated carbocycles. The second kappa shape index (κ2) is 9.78. The van der Waals surface area contributed by atoms with Crippen LogP contribution in [0.3, 0.4) is 0 Å². The molecule has 0 aromatic rings. The molecule has 0 saturated heterocycles. The van der Waals surface area contributed by atoms with E-state index in [4.69, 9.17) is 5.11 Å². The van der Waals surface area contributed by atoms with Crippen molar-refractivity contribution in [1.29, 1.82) is 0 Å². The van der Waals surface area contributed by atoms with E-state index in [1.54, 1.807) is 0 Å². The minimum Gasteiger partial charge on any atom is -0.396 e. The van der Waals surface area contributed by atoms with Crippen molar-refractivity contribution in [1.82, 2.24) is 0 Å². The zero-order valence-electron chi connectivity index (χ0n) is 4.28. The molecule has 0 atom stereocenters. The molecule has 0 radical (unpaired) electrons. The summed E-state index contributed by atoms with van der Waals surface area (Å²) in [6, 6.07) is 0. The molecular formula is C4H9KO. The van der Waals surface area contributed by atoms with Gasteiger partial charge in [-0.1, -0.05) is 6.42 Å². The summed E-state index contributed by atoms with van der Waals surface area (Å²) >= 11 is 0. The molecule has 0 rings (SSSR count). The molecule has 2 heteroatoms. The zero-order chi connectivity index (χ0) is 4.12. The van der Waals surface area contributed by atoms with Gasteiger partial charge in [0.15, 0.2) is 0 Å². The third kappa shape index (κ3) is 9.14. The van der Waals surface area contributed by atoms with Crippen molar-refractivity contribution in [3.8, 4) is 0 Å². The van der Waals surface area contributed by atoms with Crippen LogP contribution in [0.25, 0.3) is 0 Å². The summed E-state index contributed by atoms with van der Waals surface area (Å²) in [5.74, 6) is 0. The predicted octanol–water partition coefficient (Wildman–Crippen LogP) is -2.40. The van der Waals surface area contributed by atoms with Crippen molar-refractivity contribution < 1.29 is 56.5 Å². The minimum absolute atomic E-state index is 0. The van der Waals surface area contributed by atoms with E-state index >= 15 is 0 Å². The average Bonchev–Trinajstić information content (AvgIpc) is 1.41. The van der Waals surface area contributed by atoms with E-state index < -0.39 is 0 Å². The normalized spacial score (nSPS) is 7.00. The molecule has 32 valence electrons. The number of hydrogen-bond acceptors (Lipinski definition) is 1. The van der Waals surface area contributed by atoms with Crippen LogP contribution >= 0.6 is 0 Å². The van der Waals surface area contributed by atoms with E-state index in [-0.39, 0.29) is 58.0 Å². The minimum atomic E-state index is 0. The molecule has 0 heterocycles. The molecule has 0 aliphatic carbocycles. The number of rotatable bonds is 2. The molecule has 0 unspecified atom stereocenters. The second-order valence-corrected chi connectivity index (χ2v) is 0.931. The Morgan fingerprint density at radius 3 is 2.00 bits per heavy atom. The first-order valence-corrected chi connectivity index (χ1v) is 1.82. The van der Waals surface area contributed by atoms with Gasteiger partial charge in [-0.2, -0.15) is 6.42 Å². The molecule has 0 fully saturated rings. The van der Waals surface area contributed by atoms with Crippen LogP contribution in [0, 0.1) is 6.92 Å². The molecule has 0 amide bonds. The summed E-state index contributed by atoms with van der Waals surface area (Å²) in [6.07, 6.45) is 1.68. The number of aliphatic hydroxyl groups excluding tert-OH is 1. The molecule has 0 aromatic carbocycles. The van der Waals surface area contributed by atoms with E-state index in [2.05, 4.69) is 6.92 Å². The largest absolute Gasteiger partial charge is 1.00 e. The monoisotopic (exact) mass is 112 g/mol. The van der Waals surface area contributed by atoms with Crippen LogP contribution in [0.5, 0.6) is 0 Å². The summed E-state index contributed by atoms with van der Waals surface area (Å²) in [7, 11) is 0. The fraction of sp³-hybridized carbons (Fsp3) is 0.750. The van der Waals surface area contributed by atoms with Crippen molar-refractivity contribution in [2.75, 3.05) is 6.61 Å². The van der Waals surface area contributed by atoms with Crippen LogP contribution < -0.4 is 51.4 Å². The van der Waals surface area contributed by atoms with Gasteiger partial charge < -0.3 is 12.0 Å². The Kier molecular flexibility index (Phi) is 17.2. The van der Waals surface area contributed by atoms with E-state index in [1.165, 1.54) is 0 Å². The number of hydrogen-bond donors (Lipinski definition) is 1. The molecular weight excluding hydrogens is 103 g/mol. The Labute approximate surface area is 81.6 Å². The Morgan fingerprint density at radius 2 is 2.00 bits per heavy atom. The Balaban J connectivity index is 0. The fourth-order valence-corrected chi connectivity index (χ4v) is 0.112. The van der Waals surface area contributed by atoms with Crippen molar-refractivity contribution in [2.24, 2.45) is 0 Å². The van der Waals surface area contributed by atoms with Crippen molar-refractivity contribution in [3.63, 3.8) is 0 Å². The first-order valence-electron chi connectivity index (χ1n) is 1.82. The SMILES string of the molecule is [CH2-]CCCO.[K+]. The zero-order valence-corrected chi connectivity index (χ0v) is 7.40. The van der Waals surface area contributed by atoms with Gasteiger partial charge in [0.1, 0.15) is 0 Å². The fourth-order valence-electron chi connectivity index (χ4n) is 0.112. The van der Waals surface area contributed by atoms with Gasteiger partial charge in [0.25, 0.3) is 0 Å². The molecule has 1 nitrogen and oxygen atoms in total. The summed E-state index contributed by atoms with van der Waals surface area (Å²) in [6.45, 7) is 3.80. The maximum Gasteiger partial charge on any atom is 1.00 e. The van der Waals surface area contributed by atoms with E-state index in [0.29, 0.717) is 0 Å². The molecule has 1 N–H and O–H groups in total. The molecule has 6 heavy (non-hydrogen) atoms. The maximum atomic E-state index is 8.03. The number of aliphatic hydroxyl groups is 1. The molecule has 0 aliphatic rings. The van der Waals surface area contributed by atoms with Gasteiger partial charge in [0.05, 0.1) is 0 Å². The molecule has 0 aromatic heterocycles. The van der Waals surface area contributed by atoms with Gasteiger partial charge in [0, 0.05) is 6.61 Å². The second-order valence-electron chi connectivity index (χ2n) is 0.931. The average molecular weight is 112 g/mol. The molecule has 0 spiro atoms. The van der Waals surface area contributed by atoms with Gasteiger partial charge in [0.2, 0.25) is 0 Å². The van der Waals surface area contributed by atoms with Crippen LogP contribution in [-0.4, -0.2) is 11.7 Å². The number of unbranched alkanes of at least 4 members (excludes halogenated alkanes) is 1. The smallest absolute Gasteiger partial charge is 0.396 e. The first kappa shape index (κ1) is 10.6. The standard InChI is InChI=1S/C4H9O.K/c1-2-3-4-5;/h5H,1-4H2;/q-1;+1. The molecule has 0 aliphatic heterocycles.